The van der Waals surface area contributed by atoms with Gasteiger partial charge in [0.1, 0.15) is 0 Å². The van der Waals surface area contributed by atoms with Crippen molar-refractivity contribution >= 4 is 26.9 Å². The fourth-order valence-electron chi connectivity index (χ4n) is 0.511. The summed E-state index contributed by atoms with van der Waals surface area (Å²) < 4.78 is 1.21. The molecule has 0 aliphatic carbocycles. The Balaban J connectivity index is 3.13. The van der Waals surface area contributed by atoms with E-state index in [9.17, 15) is 0 Å². The Morgan fingerprint density at radius 3 is 2.25 bits per heavy atom. The molecule has 0 fully saturated rings. The van der Waals surface area contributed by atoms with Gasteiger partial charge in [-0.25, -0.2) is 0 Å². The number of para-hydroxylation sites is 1. The first-order valence-corrected chi connectivity index (χ1v) is 3.62. The van der Waals surface area contributed by atoms with E-state index in [1.807, 2.05) is 24.3 Å². The van der Waals surface area contributed by atoms with E-state index in [1.54, 1.807) is 16.9 Å². The zero-order valence-corrected chi connectivity index (χ0v) is 6.89. The summed E-state index contributed by atoms with van der Waals surface area (Å²) in [6.45, 7) is 0. The fraction of sp³-hybridized carbons (Fsp3) is 0. The predicted octanol–water partition coefficient (Wildman–Crippen LogP) is -0.473. The van der Waals surface area contributed by atoms with Gasteiger partial charge in [-0.05, 0) is 0 Å². The first kappa shape index (κ1) is 5.71. The number of nitrogen functional groups attached to an aromatic ring is 1. The van der Waals surface area contributed by atoms with E-state index in [0.717, 1.165) is 5.69 Å². The number of benzene rings is 1. The molecule has 0 radical (unpaired) electrons. The number of nitrogens with two attached hydrogens (primary N) is 1. The molecular weight excluding hydrogens is 161 g/mol. The van der Waals surface area contributed by atoms with E-state index in [1.165, 1.54) is 4.35 Å². The zero-order chi connectivity index (χ0) is 5.98. The van der Waals surface area contributed by atoms with Gasteiger partial charge in [0.25, 0.3) is 0 Å². The monoisotopic (exact) mass is 169 g/mol. The molecule has 1 aromatic carbocycles. The summed E-state index contributed by atoms with van der Waals surface area (Å²) in [5.41, 5.74) is 6.43. The van der Waals surface area contributed by atoms with Gasteiger partial charge in [0, 0.05) is 0 Å². The third kappa shape index (κ3) is 1.04. The van der Waals surface area contributed by atoms with Crippen LogP contribution in [0.25, 0.3) is 0 Å². The van der Waals surface area contributed by atoms with Gasteiger partial charge in [-0.3, -0.25) is 0 Å². The number of hydrogen-bond donors (Lipinski definition) is 1. The van der Waals surface area contributed by atoms with Crippen molar-refractivity contribution in [2.75, 3.05) is 5.73 Å². The van der Waals surface area contributed by atoms with Crippen molar-refractivity contribution in [3.05, 3.63) is 24.3 Å². The molecule has 1 rings (SSSR count). The van der Waals surface area contributed by atoms with Gasteiger partial charge >= 0.3 is 56.9 Å². The second-order valence-corrected chi connectivity index (χ2v) is 2.93. The number of hydrogen-bond acceptors (Lipinski definition) is 1. The molecule has 2 N–H and O–H groups in total. The van der Waals surface area contributed by atoms with Crippen LogP contribution in [0.5, 0.6) is 0 Å². The molecule has 42 valence electrons. The molecule has 1 unspecified atom stereocenters. The van der Waals surface area contributed by atoms with Crippen molar-refractivity contribution in [1.29, 1.82) is 0 Å². The van der Waals surface area contributed by atoms with Crippen LogP contribution in [-0.4, -0.2) is 16.9 Å². The molecule has 1 nitrogen and oxygen atoms in total. The van der Waals surface area contributed by atoms with E-state index < -0.39 is 0 Å². The first-order chi connectivity index (χ1) is 3.80. The van der Waals surface area contributed by atoms with Crippen molar-refractivity contribution in [2.45, 2.75) is 0 Å². The molecule has 0 bridgehead atoms. The molecule has 0 aliphatic rings. The maximum absolute atomic E-state index is 5.54. The predicted molar refractivity (Wildman–Crippen MR) is 39.0 cm³/mol. The summed E-state index contributed by atoms with van der Waals surface area (Å²) in [4.78, 5) is 0. The Hall–Kier alpha value is -0.422. The Kier molecular flexibility index (Phi) is 1.59. The molecule has 0 aliphatic heterocycles. The quantitative estimate of drug-likeness (QED) is 0.412. The average Bonchev–Trinajstić information content (AvgIpc) is 1.77. The molecular formula is C6H8AsN. The Bertz CT molecular complexity index is 165. The van der Waals surface area contributed by atoms with Crippen LogP contribution in [0, 0.1) is 0 Å². The second kappa shape index (κ2) is 2.23. The van der Waals surface area contributed by atoms with E-state index in [2.05, 4.69) is 0 Å². The summed E-state index contributed by atoms with van der Waals surface area (Å²) >= 11 is 1.57. The van der Waals surface area contributed by atoms with E-state index in [4.69, 9.17) is 5.73 Å². The normalized spacial score (nSPS) is 9.12. The Labute approximate surface area is 57.4 Å². The van der Waals surface area contributed by atoms with Gasteiger partial charge in [0.2, 0.25) is 0 Å². The molecule has 0 spiro atoms. The third-order valence-electron chi connectivity index (χ3n) is 0.996. The SMILES string of the molecule is Nc1ccccc1[AsH2]. The van der Waals surface area contributed by atoms with E-state index >= 15 is 0 Å². The third-order valence-corrected chi connectivity index (χ3v) is 2.10. The topological polar surface area (TPSA) is 26.0 Å². The van der Waals surface area contributed by atoms with Crippen LogP contribution in [0.4, 0.5) is 5.69 Å². The Morgan fingerprint density at radius 1 is 1.25 bits per heavy atom. The van der Waals surface area contributed by atoms with Crippen molar-refractivity contribution in [3.8, 4) is 0 Å². The van der Waals surface area contributed by atoms with Crippen molar-refractivity contribution < 1.29 is 0 Å². The maximum atomic E-state index is 5.54. The summed E-state index contributed by atoms with van der Waals surface area (Å²) in [5, 5.41) is 0. The van der Waals surface area contributed by atoms with Gasteiger partial charge in [0.15, 0.2) is 0 Å². The fourth-order valence-corrected chi connectivity index (χ4v) is 0.946. The first-order valence-electron chi connectivity index (χ1n) is 2.40. The number of anilines is 1. The average molecular weight is 169 g/mol. The summed E-state index contributed by atoms with van der Waals surface area (Å²) in [5.74, 6) is 0. The van der Waals surface area contributed by atoms with Crippen LogP contribution < -0.4 is 10.1 Å². The minimum atomic E-state index is 0.896. The molecule has 1 aromatic rings. The van der Waals surface area contributed by atoms with Crippen LogP contribution in [0.3, 0.4) is 0 Å². The van der Waals surface area contributed by atoms with Crippen LogP contribution in [0.15, 0.2) is 24.3 Å². The molecule has 2 heteroatoms. The van der Waals surface area contributed by atoms with Crippen molar-refractivity contribution in [1.82, 2.24) is 0 Å². The Morgan fingerprint density at radius 2 is 1.88 bits per heavy atom. The van der Waals surface area contributed by atoms with Gasteiger partial charge in [-0.1, -0.05) is 0 Å². The van der Waals surface area contributed by atoms with E-state index in [-0.39, 0.29) is 0 Å². The zero-order valence-electron chi connectivity index (χ0n) is 4.46. The van der Waals surface area contributed by atoms with Gasteiger partial charge < -0.3 is 0 Å². The van der Waals surface area contributed by atoms with Crippen LogP contribution in [0.2, 0.25) is 0 Å². The molecule has 0 saturated carbocycles. The van der Waals surface area contributed by atoms with Crippen LogP contribution >= 0.6 is 0 Å². The number of rotatable bonds is 0. The molecule has 8 heavy (non-hydrogen) atoms. The van der Waals surface area contributed by atoms with Crippen molar-refractivity contribution in [2.24, 2.45) is 0 Å². The summed E-state index contributed by atoms with van der Waals surface area (Å²) in [6.07, 6.45) is 0. The van der Waals surface area contributed by atoms with Gasteiger partial charge in [-0.15, -0.1) is 0 Å². The standard InChI is InChI=1S/C6H8AsN/c7-5-3-1-2-4-6(5)8/h1-4H,7-8H2. The van der Waals surface area contributed by atoms with Crippen molar-refractivity contribution in [3.63, 3.8) is 0 Å². The molecule has 0 aromatic heterocycles. The second-order valence-electron chi connectivity index (χ2n) is 1.63. The minimum absolute atomic E-state index is 0.896. The molecule has 1 atom stereocenters. The van der Waals surface area contributed by atoms with Gasteiger partial charge in [0.05, 0.1) is 0 Å². The van der Waals surface area contributed by atoms with Gasteiger partial charge in [-0.2, -0.15) is 0 Å². The van der Waals surface area contributed by atoms with E-state index in [0.29, 0.717) is 0 Å². The van der Waals surface area contributed by atoms with Crippen LogP contribution in [0.1, 0.15) is 0 Å². The summed E-state index contributed by atoms with van der Waals surface area (Å²) in [6, 6.07) is 7.87. The molecule has 0 amide bonds. The molecule has 0 saturated heterocycles. The van der Waals surface area contributed by atoms with Crippen LogP contribution in [-0.2, 0) is 0 Å². The molecule has 0 heterocycles. The summed E-state index contributed by atoms with van der Waals surface area (Å²) in [7, 11) is 0.